The lowest BCUT2D eigenvalue weighted by atomic mass is 9.94. The van der Waals surface area contributed by atoms with E-state index in [1.165, 1.54) is 0 Å². The first-order valence-corrected chi connectivity index (χ1v) is 16.6. The quantitative estimate of drug-likeness (QED) is 0.135. The minimum atomic E-state index is -4.98. The first kappa shape index (κ1) is 32.4. The third-order valence-corrected chi connectivity index (χ3v) is 9.50. The zero-order valence-electron chi connectivity index (χ0n) is 27.4. The smallest absolute Gasteiger partial charge is 0.416 e. The minimum Gasteiger partial charge on any atom is -0.436 e. The van der Waals surface area contributed by atoms with Gasteiger partial charge in [0.05, 0.1) is 22.3 Å². The molecule has 0 aliphatic rings. The van der Waals surface area contributed by atoms with Gasteiger partial charge in [0.25, 0.3) is 0 Å². The summed E-state index contributed by atoms with van der Waals surface area (Å²) in [5.74, 6) is 0.559. The molecule has 0 N–H and O–H groups in total. The van der Waals surface area contributed by atoms with Crippen LogP contribution in [-0.2, 0) is 12.4 Å². The first-order valence-electron chi connectivity index (χ1n) is 16.6. The normalized spacial score (nSPS) is 12.3. The van der Waals surface area contributed by atoms with Gasteiger partial charge in [-0.15, -0.1) is 0 Å². The van der Waals surface area contributed by atoms with Crippen LogP contribution in [-0.4, -0.2) is 9.97 Å². The fourth-order valence-corrected chi connectivity index (χ4v) is 6.85. The fourth-order valence-electron chi connectivity index (χ4n) is 6.85. The summed E-state index contributed by atoms with van der Waals surface area (Å²) in [5.41, 5.74) is 3.59. The highest BCUT2D eigenvalue weighted by Gasteiger charge is 2.37. The lowest BCUT2D eigenvalue weighted by Crippen LogP contribution is -2.11. The topological polar surface area (TPSA) is 38.9 Å². The highest BCUT2D eigenvalue weighted by atomic mass is 19.4. The Hall–Kier alpha value is -6.48. The molecule has 9 rings (SSSR count). The summed E-state index contributed by atoms with van der Waals surface area (Å²) in [5, 5.41) is 3.85. The van der Waals surface area contributed by atoms with E-state index in [4.69, 9.17) is 9.40 Å². The van der Waals surface area contributed by atoms with Crippen LogP contribution in [0.4, 0.5) is 26.3 Å². The first-order chi connectivity index (χ1) is 25.5. The van der Waals surface area contributed by atoms with E-state index in [1.54, 1.807) is 24.3 Å². The largest absolute Gasteiger partial charge is 0.436 e. The highest BCUT2D eigenvalue weighted by Crippen LogP contribution is 2.41. The number of hydrogen-bond donors (Lipinski definition) is 0. The summed E-state index contributed by atoms with van der Waals surface area (Å²) in [6.07, 6.45) is -9.96. The Kier molecular flexibility index (Phi) is 7.37. The van der Waals surface area contributed by atoms with Gasteiger partial charge < -0.3 is 4.42 Å². The number of rotatable bonds is 4. The Balaban J connectivity index is 1.08. The molecule has 0 radical (unpaired) electrons. The van der Waals surface area contributed by atoms with Crippen molar-refractivity contribution in [3.8, 4) is 45.0 Å². The SMILES string of the molecule is FC(F)(F)c1cc(-c2nc3cc(-c4ccc5cc(-c6ccc(-c7nc8ccccc8o7)cc6)ccc5c4)ccc3c3ccccc23)cc(C(F)(F)F)c1. The maximum absolute atomic E-state index is 13.8. The van der Waals surface area contributed by atoms with Crippen LogP contribution in [0.1, 0.15) is 11.1 Å². The molecule has 7 aromatic carbocycles. The van der Waals surface area contributed by atoms with E-state index in [-0.39, 0.29) is 17.3 Å². The van der Waals surface area contributed by atoms with Gasteiger partial charge in [0.1, 0.15) is 5.52 Å². The molecule has 2 heterocycles. The number of alkyl halides is 6. The average Bonchev–Trinajstić information content (AvgIpc) is 3.61. The number of fused-ring (bicyclic) bond motifs is 5. The summed E-state index contributed by atoms with van der Waals surface area (Å²) < 4.78 is 88.7. The Labute approximate surface area is 297 Å². The van der Waals surface area contributed by atoms with Gasteiger partial charge in [-0.1, -0.05) is 84.9 Å². The maximum atomic E-state index is 13.8. The van der Waals surface area contributed by atoms with Crippen molar-refractivity contribution >= 4 is 43.5 Å². The Morgan fingerprint density at radius 3 is 1.60 bits per heavy atom. The second-order valence-electron chi connectivity index (χ2n) is 12.9. The molecule has 9 heteroatoms. The van der Waals surface area contributed by atoms with Gasteiger partial charge in [0, 0.05) is 21.9 Å². The monoisotopic (exact) mass is 710 g/mol. The average molecular weight is 711 g/mol. The van der Waals surface area contributed by atoms with E-state index in [0.29, 0.717) is 22.2 Å². The van der Waals surface area contributed by atoms with Crippen LogP contribution in [0.5, 0.6) is 0 Å². The van der Waals surface area contributed by atoms with Crippen LogP contribution in [0.3, 0.4) is 0 Å². The minimum absolute atomic E-state index is 0.0368. The van der Waals surface area contributed by atoms with Gasteiger partial charge in [-0.2, -0.15) is 26.3 Å². The van der Waals surface area contributed by atoms with Gasteiger partial charge >= 0.3 is 12.4 Å². The molecule has 0 spiro atoms. The number of aromatic nitrogens is 2. The number of nitrogens with zero attached hydrogens (tertiary/aromatic N) is 2. The number of para-hydroxylation sites is 2. The molecule has 0 atom stereocenters. The molecule has 53 heavy (non-hydrogen) atoms. The standard InChI is InChI=1S/C44H24F6N2O/c45-43(46,47)33-21-32(22-34(24-33)44(48,49)50)41-37-6-2-1-5-35(37)36-18-17-31(23-39(36)51-41)30-16-15-28-19-27(13-14-29(28)20-30)25-9-11-26(12-10-25)42-52-38-7-3-4-8-40(38)53-42/h1-24H. The predicted octanol–water partition coefficient (Wildman–Crippen LogP) is 13.4. The summed E-state index contributed by atoms with van der Waals surface area (Å²) in [6, 6.07) is 42.0. The van der Waals surface area contributed by atoms with Crippen LogP contribution >= 0.6 is 0 Å². The van der Waals surface area contributed by atoms with Gasteiger partial charge in [-0.25, -0.2) is 9.97 Å². The van der Waals surface area contributed by atoms with Crippen molar-refractivity contribution < 1.29 is 30.8 Å². The Morgan fingerprint density at radius 1 is 0.396 bits per heavy atom. The van der Waals surface area contributed by atoms with Crippen LogP contribution < -0.4 is 0 Å². The van der Waals surface area contributed by atoms with Gasteiger partial charge in [0.2, 0.25) is 5.89 Å². The van der Waals surface area contributed by atoms with Crippen LogP contribution in [0.2, 0.25) is 0 Å². The molecular weight excluding hydrogens is 686 g/mol. The molecule has 0 amide bonds. The van der Waals surface area contributed by atoms with Crippen molar-refractivity contribution in [3.63, 3.8) is 0 Å². The molecule has 2 aromatic heterocycles. The molecule has 0 unspecified atom stereocenters. The van der Waals surface area contributed by atoms with Crippen molar-refractivity contribution in [3.05, 3.63) is 157 Å². The summed E-state index contributed by atoms with van der Waals surface area (Å²) in [7, 11) is 0. The third kappa shape index (κ3) is 5.94. The van der Waals surface area contributed by atoms with E-state index < -0.39 is 23.5 Å². The molecule has 0 aliphatic heterocycles. The molecular formula is C44H24F6N2O. The number of benzene rings is 7. The highest BCUT2D eigenvalue weighted by molar-refractivity contribution is 6.11. The van der Waals surface area contributed by atoms with E-state index >= 15 is 0 Å². The molecule has 258 valence electrons. The zero-order valence-corrected chi connectivity index (χ0v) is 27.4. The molecule has 3 nitrogen and oxygen atoms in total. The number of pyridine rings is 1. The summed E-state index contributed by atoms with van der Waals surface area (Å²) >= 11 is 0. The lowest BCUT2D eigenvalue weighted by molar-refractivity contribution is -0.143. The lowest BCUT2D eigenvalue weighted by Gasteiger charge is -2.16. The van der Waals surface area contributed by atoms with E-state index in [0.717, 1.165) is 67.2 Å². The third-order valence-electron chi connectivity index (χ3n) is 9.50. The molecule has 0 saturated heterocycles. The van der Waals surface area contributed by atoms with Crippen LogP contribution in [0.15, 0.2) is 150 Å². The number of hydrogen-bond acceptors (Lipinski definition) is 3. The van der Waals surface area contributed by atoms with Crippen molar-refractivity contribution in [2.24, 2.45) is 0 Å². The number of halogens is 6. The molecule has 9 aromatic rings. The van der Waals surface area contributed by atoms with Crippen molar-refractivity contribution in [1.29, 1.82) is 0 Å². The zero-order chi connectivity index (χ0) is 36.5. The molecule has 0 aliphatic carbocycles. The van der Waals surface area contributed by atoms with Crippen LogP contribution in [0, 0.1) is 0 Å². The van der Waals surface area contributed by atoms with E-state index in [2.05, 4.69) is 11.1 Å². The summed E-state index contributed by atoms with van der Waals surface area (Å²) in [4.78, 5) is 9.29. The maximum Gasteiger partial charge on any atom is 0.416 e. The van der Waals surface area contributed by atoms with Crippen molar-refractivity contribution in [2.45, 2.75) is 12.4 Å². The second kappa shape index (κ2) is 12.1. The number of oxazole rings is 1. The van der Waals surface area contributed by atoms with Crippen molar-refractivity contribution in [2.75, 3.05) is 0 Å². The Morgan fingerprint density at radius 2 is 0.943 bits per heavy atom. The van der Waals surface area contributed by atoms with E-state index in [9.17, 15) is 26.3 Å². The van der Waals surface area contributed by atoms with Gasteiger partial charge in [0.15, 0.2) is 5.58 Å². The predicted molar refractivity (Wildman–Crippen MR) is 196 cm³/mol. The van der Waals surface area contributed by atoms with Gasteiger partial charge in [-0.3, -0.25) is 0 Å². The van der Waals surface area contributed by atoms with Crippen LogP contribution in [0.25, 0.3) is 88.5 Å². The molecule has 0 bridgehead atoms. The molecule has 0 fully saturated rings. The summed E-state index contributed by atoms with van der Waals surface area (Å²) in [6.45, 7) is 0. The molecule has 0 saturated carbocycles. The Bertz CT molecular complexity index is 2810. The van der Waals surface area contributed by atoms with E-state index in [1.807, 2.05) is 97.1 Å². The second-order valence-corrected chi connectivity index (χ2v) is 12.9. The fraction of sp³-hybridized carbons (Fsp3) is 0.0455. The van der Waals surface area contributed by atoms with Gasteiger partial charge in [-0.05, 0) is 99.1 Å². The van der Waals surface area contributed by atoms with Crippen molar-refractivity contribution in [1.82, 2.24) is 9.97 Å².